The van der Waals surface area contributed by atoms with Gasteiger partial charge in [-0.3, -0.25) is 0 Å². The molecule has 0 nitrogen and oxygen atoms in total. The molecule has 4 rings (SSSR count). The summed E-state index contributed by atoms with van der Waals surface area (Å²) in [5.74, 6) is 1.65. The summed E-state index contributed by atoms with van der Waals surface area (Å²) in [5.41, 5.74) is 3.38. The number of hydrogen-bond acceptors (Lipinski definition) is 0. The highest BCUT2D eigenvalue weighted by Crippen LogP contribution is 2.33. The molecule has 2 saturated carbocycles. The van der Waals surface area contributed by atoms with E-state index in [4.69, 9.17) is 0 Å². The second kappa shape index (κ2) is 8.70. The summed E-state index contributed by atoms with van der Waals surface area (Å²) in [6.45, 7) is 0. The van der Waals surface area contributed by atoms with Gasteiger partial charge < -0.3 is 0 Å². The largest absolute Gasteiger partial charge is 0.358 e. The second-order valence-electron chi connectivity index (χ2n) is 7.81. The minimum Gasteiger partial charge on any atom is -0.0617 e. The fourth-order valence-corrected chi connectivity index (χ4v) is 7.99. The maximum atomic E-state index is 2.44. The summed E-state index contributed by atoms with van der Waals surface area (Å²) in [5, 5.41) is 0. The molecule has 2 aromatic rings. The van der Waals surface area contributed by atoms with Crippen LogP contribution >= 0.6 is 0 Å². The average Bonchev–Trinajstić information content (AvgIpc) is 2.70. The first kappa shape index (κ1) is 17.6. The van der Waals surface area contributed by atoms with Crippen molar-refractivity contribution in [1.82, 2.24) is 0 Å². The fraction of sp³-hybridized carbons (Fsp3) is 0.500. The van der Waals surface area contributed by atoms with E-state index in [1.54, 1.807) is 18.3 Å². The molecule has 25 heavy (non-hydrogen) atoms. The number of rotatable bonds is 4. The highest BCUT2D eigenvalue weighted by Gasteiger charge is 2.29. The average molecular weight is 445 g/mol. The molecule has 2 fully saturated rings. The van der Waals surface area contributed by atoms with Crippen LogP contribution in [0.25, 0.3) is 0 Å². The van der Waals surface area contributed by atoms with Gasteiger partial charge in [0.05, 0.1) is 0 Å². The van der Waals surface area contributed by atoms with Gasteiger partial charge in [-0.2, -0.15) is 0 Å². The van der Waals surface area contributed by atoms with Crippen LogP contribution in [0.4, 0.5) is 0 Å². The molecule has 0 bridgehead atoms. The topological polar surface area (TPSA) is 0 Å². The Morgan fingerprint density at radius 3 is 1.36 bits per heavy atom. The van der Waals surface area contributed by atoms with E-state index in [0.717, 1.165) is 11.8 Å². The molecule has 2 aromatic carbocycles. The van der Waals surface area contributed by atoms with Crippen LogP contribution in [-0.4, -0.2) is 0 Å². The molecule has 0 spiro atoms. The molecule has 2 aliphatic carbocycles. The lowest BCUT2D eigenvalue weighted by atomic mass is 9.84. The Morgan fingerprint density at radius 2 is 0.920 bits per heavy atom. The van der Waals surface area contributed by atoms with Crippen LogP contribution < -0.4 is 21.2 Å². The molecule has 0 saturated heterocycles. The number of benzene rings is 2. The summed E-state index contributed by atoms with van der Waals surface area (Å²) in [7, 11) is 0. The third kappa shape index (κ3) is 4.30. The minimum absolute atomic E-state index is 0.0687. The molecule has 0 unspecified atom stereocenters. The molecule has 0 atom stereocenters. The van der Waals surface area contributed by atoms with Crippen LogP contribution in [0.3, 0.4) is 0 Å². The van der Waals surface area contributed by atoms with Crippen molar-refractivity contribution in [1.29, 1.82) is 0 Å². The van der Waals surface area contributed by atoms with Crippen molar-refractivity contribution in [2.24, 2.45) is 0 Å². The zero-order valence-corrected chi connectivity index (χ0v) is 17.4. The summed E-state index contributed by atoms with van der Waals surface area (Å²) < 4.78 is 3.38. The van der Waals surface area contributed by atoms with Crippen molar-refractivity contribution in [3.05, 3.63) is 66.8 Å². The summed E-state index contributed by atoms with van der Waals surface area (Å²) in [6, 6.07) is 18.8. The zero-order chi connectivity index (χ0) is 16.9. The van der Waals surface area contributed by atoms with E-state index >= 15 is 0 Å². The number of halogens is 1. The molecule has 0 radical (unpaired) electrons. The van der Waals surface area contributed by atoms with Crippen molar-refractivity contribution in [2.75, 3.05) is 0 Å². The maximum Gasteiger partial charge on any atom is 0.358 e. The Morgan fingerprint density at radius 1 is 0.520 bits per heavy atom. The zero-order valence-electron chi connectivity index (χ0n) is 15.2. The van der Waals surface area contributed by atoms with E-state index in [1.807, 2.05) is 0 Å². The molecular formula is C24H30I+. The Hall–Kier alpha value is -0.830. The summed E-state index contributed by atoms with van der Waals surface area (Å²) in [4.78, 5) is 0. The Bertz CT molecular complexity index is 618. The standard InChI is InChI=1S/C24H30I/c1-3-11-19(12-4-1)21-15-7-9-17-23(21)25-24-18-10-8-16-22(24)20-13-5-2-6-14-20/h7-10,15-20H,1-6,11-14H2/q+1. The van der Waals surface area contributed by atoms with Crippen LogP contribution in [0.5, 0.6) is 0 Å². The Labute approximate surface area is 163 Å². The van der Waals surface area contributed by atoms with E-state index in [0.29, 0.717) is 0 Å². The van der Waals surface area contributed by atoms with Crippen LogP contribution in [0.15, 0.2) is 48.5 Å². The van der Waals surface area contributed by atoms with E-state index < -0.39 is 0 Å². The first-order chi connectivity index (χ1) is 12.4. The van der Waals surface area contributed by atoms with E-state index in [-0.39, 0.29) is 21.2 Å². The third-order valence-corrected chi connectivity index (χ3v) is 9.23. The monoisotopic (exact) mass is 445 g/mol. The Balaban J connectivity index is 1.60. The molecule has 0 N–H and O–H groups in total. The molecule has 2 aliphatic rings. The molecule has 1 heteroatoms. The van der Waals surface area contributed by atoms with Gasteiger partial charge in [0.25, 0.3) is 0 Å². The molecule has 132 valence electrons. The molecular weight excluding hydrogens is 415 g/mol. The first-order valence-electron chi connectivity index (χ1n) is 10.2. The predicted octanol–water partition coefficient (Wildman–Crippen LogP) is 3.91. The lowest BCUT2D eigenvalue weighted by molar-refractivity contribution is -0.599. The van der Waals surface area contributed by atoms with Crippen LogP contribution in [0.2, 0.25) is 0 Å². The quantitative estimate of drug-likeness (QED) is 0.627. The van der Waals surface area contributed by atoms with Gasteiger partial charge in [-0.25, -0.2) is 0 Å². The summed E-state index contributed by atoms with van der Waals surface area (Å²) >= 11 is -0.0687. The number of hydrogen-bond donors (Lipinski definition) is 0. The molecule has 0 amide bonds. The van der Waals surface area contributed by atoms with Crippen molar-refractivity contribution in [3.8, 4) is 0 Å². The lowest BCUT2D eigenvalue weighted by Crippen LogP contribution is -3.62. The molecule has 0 aliphatic heterocycles. The van der Waals surface area contributed by atoms with Gasteiger partial charge >= 0.3 is 21.2 Å². The molecule has 0 aromatic heterocycles. The van der Waals surface area contributed by atoms with Gasteiger partial charge in [-0.05, 0) is 49.7 Å². The van der Waals surface area contributed by atoms with Crippen LogP contribution in [0.1, 0.15) is 87.2 Å². The maximum absolute atomic E-state index is 2.44. The SMILES string of the molecule is c1ccc(C2CCCCC2)c([I+]c2ccccc2C2CCCCC2)c1. The van der Waals surface area contributed by atoms with Crippen molar-refractivity contribution in [2.45, 2.75) is 76.0 Å². The highest BCUT2D eigenvalue weighted by atomic mass is 127. The van der Waals surface area contributed by atoms with E-state index in [2.05, 4.69) is 48.5 Å². The smallest absolute Gasteiger partial charge is 0.0617 e. The first-order valence-corrected chi connectivity index (χ1v) is 12.4. The highest BCUT2D eigenvalue weighted by molar-refractivity contribution is 5.22. The van der Waals surface area contributed by atoms with Crippen molar-refractivity contribution < 1.29 is 21.2 Å². The van der Waals surface area contributed by atoms with Gasteiger partial charge in [-0.1, -0.05) is 74.9 Å². The van der Waals surface area contributed by atoms with Gasteiger partial charge in [0.1, 0.15) is 0 Å². The minimum atomic E-state index is -0.0687. The van der Waals surface area contributed by atoms with Gasteiger partial charge in [0.2, 0.25) is 0 Å². The van der Waals surface area contributed by atoms with E-state index in [9.17, 15) is 0 Å². The van der Waals surface area contributed by atoms with Gasteiger partial charge in [-0.15, -0.1) is 0 Å². The van der Waals surface area contributed by atoms with E-state index in [1.165, 1.54) is 64.2 Å². The van der Waals surface area contributed by atoms with Crippen LogP contribution in [-0.2, 0) is 0 Å². The van der Waals surface area contributed by atoms with Gasteiger partial charge in [0.15, 0.2) is 7.14 Å². The summed E-state index contributed by atoms with van der Waals surface area (Å²) in [6.07, 6.45) is 14.2. The predicted molar refractivity (Wildman–Crippen MR) is 102 cm³/mol. The fourth-order valence-electron chi connectivity index (χ4n) is 4.72. The normalized spacial score (nSPS) is 19.8. The van der Waals surface area contributed by atoms with Crippen molar-refractivity contribution >= 4 is 0 Å². The molecule has 0 heterocycles. The lowest BCUT2D eigenvalue weighted by Gasteiger charge is -2.22. The Kier molecular flexibility index (Phi) is 6.12. The van der Waals surface area contributed by atoms with Crippen LogP contribution in [0, 0.1) is 7.14 Å². The third-order valence-electron chi connectivity index (χ3n) is 6.10. The van der Waals surface area contributed by atoms with Crippen molar-refractivity contribution in [3.63, 3.8) is 0 Å². The van der Waals surface area contributed by atoms with Gasteiger partial charge in [0, 0.05) is 11.1 Å². The second-order valence-corrected chi connectivity index (χ2v) is 10.7.